The highest BCUT2D eigenvalue weighted by Crippen LogP contribution is 2.27. The Bertz CT molecular complexity index is 409. The van der Waals surface area contributed by atoms with Crippen molar-refractivity contribution in [1.82, 2.24) is 0 Å². The number of benzene rings is 1. The maximum atomic E-state index is 13.5. The van der Waals surface area contributed by atoms with Gasteiger partial charge < -0.3 is 9.84 Å². The maximum absolute atomic E-state index is 13.5. The van der Waals surface area contributed by atoms with Crippen molar-refractivity contribution < 1.29 is 23.4 Å². The summed E-state index contributed by atoms with van der Waals surface area (Å²) >= 11 is 2.67. The van der Waals surface area contributed by atoms with Gasteiger partial charge >= 0.3 is 5.97 Å². The first kappa shape index (κ1) is 13.1. The zero-order chi connectivity index (χ0) is 12.3. The molecule has 0 bridgehead atoms. The topological polar surface area (TPSA) is 46.5 Å². The Morgan fingerprint density at radius 1 is 1.56 bits per heavy atom. The molecule has 1 aromatic rings. The molecule has 0 amide bonds. The van der Waals surface area contributed by atoms with Gasteiger partial charge in [-0.05, 0) is 35.0 Å². The molecule has 16 heavy (non-hydrogen) atoms. The third-order valence-corrected chi connectivity index (χ3v) is 2.60. The summed E-state index contributed by atoms with van der Waals surface area (Å²) < 4.78 is 30.4. The number of rotatable bonds is 3. The van der Waals surface area contributed by atoms with Crippen molar-refractivity contribution in [3.63, 3.8) is 0 Å². The molecular formula is C10H9BrF2O3. The first-order valence-electron chi connectivity index (χ1n) is 4.47. The lowest BCUT2D eigenvalue weighted by Gasteiger charge is -2.11. The van der Waals surface area contributed by atoms with Gasteiger partial charge in [-0.25, -0.2) is 13.6 Å². The van der Waals surface area contributed by atoms with Crippen LogP contribution in [-0.2, 0) is 9.53 Å². The molecule has 3 nitrogen and oxygen atoms in total. The van der Waals surface area contributed by atoms with E-state index in [1.54, 1.807) is 6.92 Å². The van der Waals surface area contributed by atoms with Gasteiger partial charge in [0.25, 0.3) is 0 Å². The Morgan fingerprint density at radius 2 is 2.19 bits per heavy atom. The van der Waals surface area contributed by atoms with Crippen LogP contribution in [0, 0.1) is 11.6 Å². The summed E-state index contributed by atoms with van der Waals surface area (Å²) in [7, 11) is 0. The lowest BCUT2D eigenvalue weighted by atomic mass is 10.1. The van der Waals surface area contributed by atoms with E-state index in [0.717, 1.165) is 12.1 Å². The molecule has 1 unspecified atom stereocenters. The molecule has 0 aliphatic rings. The van der Waals surface area contributed by atoms with E-state index in [2.05, 4.69) is 20.7 Å². The molecule has 1 atom stereocenters. The molecule has 0 radical (unpaired) electrons. The smallest absolute Gasteiger partial charge is 0.339 e. The Kier molecular flexibility index (Phi) is 4.37. The summed E-state index contributed by atoms with van der Waals surface area (Å²) in [6.45, 7) is 1.63. The van der Waals surface area contributed by atoms with Gasteiger partial charge in [0.2, 0.25) is 0 Å². The second-order valence-corrected chi connectivity index (χ2v) is 3.71. The van der Waals surface area contributed by atoms with Crippen LogP contribution in [0.2, 0.25) is 0 Å². The van der Waals surface area contributed by atoms with Crippen LogP contribution in [0.5, 0.6) is 0 Å². The third-order valence-electron chi connectivity index (χ3n) is 1.87. The van der Waals surface area contributed by atoms with E-state index in [1.807, 2.05) is 0 Å². The zero-order valence-corrected chi connectivity index (χ0v) is 9.92. The molecule has 1 N–H and O–H groups in total. The van der Waals surface area contributed by atoms with E-state index in [1.165, 1.54) is 0 Å². The van der Waals surface area contributed by atoms with Crippen molar-refractivity contribution in [3.8, 4) is 0 Å². The van der Waals surface area contributed by atoms with Gasteiger partial charge in [-0.1, -0.05) is 0 Å². The fourth-order valence-electron chi connectivity index (χ4n) is 1.10. The van der Waals surface area contributed by atoms with Crippen molar-refractivity contribution in [3.05, 3.63) is 33.8 Å². The molecule has 0 aromatic heterocycles. The average Bonchev–Trinajstić information content (AvgIpc) is 2.26. The maximum Gasteiger partial charge on any atom is 0.339 e. The van der Waals surface area contributed by atoms with Gasteiger partial charge in [0.1, 0.15) is 11.6 Å². The number of ether oxygens (including phenoxy) is 1. The van der Waals surface area contributed by atoms with Gasteiger partial charge in [0, 0.05) is 5.56 Å². The van der Waals surface area contributed by atoms with E-state index < -0.39 is 28.2 Å². The van der Waals surface area contributed by atoms with E-state index in [-0.39, 0.29) is 12.2 Å². The predicted molar refractivity (Wildman–Crippen MR) is 55.7 cm³/mol. The fraction of sp³-hybridized carbons (Fsp3) is 0.300. The van der Waals surface area contributed by atoms with Crippen LogP contribution in [0.15, 0.2) is 16.6 Å². The molecule has 6 heteroatoms. The van der Waals surface area contributed by atoms with Crippen LogP contribution in [0.1, 0.15) is 18.6 Å². The number of hydrogen-bond acceptors (Lipinski definition) is 3. The van der Waals surface area contributed by atoms with Gasteiger partial charge in [-0.2, -0.15) is 0 Å². The van der Waals surface area contributed by atoms with Gasteiger partial charge in [-0.3, -0.25) is 0 Å². The monoisotopic (exact) mass is 294 g/mol. The molecule has 88 valence electrons. The number of aliphatic hydroxyl groups is 1. The van der Waals surface area contributed by atoms with Crippen molar-refractivity contribution in [2.45, 2.75) is 13.0 Å². The Balaban J connectivity index is 3.05. The SMILES string of the molecule is CCOC(=O)C(O)c1ccc(F)c(Br)c1F. The highest BCUT2D eigenvalue weighted by Gasteiger charge is 2.24. The summed E-state index contributed by atoms with van der Waals surface area (Å²) in [5, 5.41) is 9.46. The minimum Gasteiger partial charge on any atom is -0.464 e. The van der Waals surface area contributed by atoms with E-state index in [4.69, 9.17) is 0 Å². The summed E-state index contributed by atoms with van der Waals surface area (Å²) in [5.41, 5.74) is -0.327. The quantitative estimate of drug-likeness (QED) is 0.687. The number of hydrogen-bond donors (Lipinski definition) is 1. The third kappa shape index (κ3) is 2.56. The summed E-state index contributed by atoms with van der Waals surface area (Å²) in [4.78, 5) is 11.1. The molecule has 0 aliphatic carbocycles. The second kappa shape index (κ2) is 5.36. The molecule has 0 heterocycles. The largest absolute Gasteiger partial charge is 0.464 e. The minimum atomic E-state index is -1.75. The first-order valence-corrected chi connectivity index (χ1v) is 5.26. The molecular weight excluding hydrogens is 286 g/mol. The fourth-order valence-corrected chi connectivity index (χ4v) is 1.46. The van der Waals surface area contributed by atoms with Crippen LogP contribution in [0.4, 0.5) is 8.78 Å². The van der Waals surface area contributed by atoms with Crippen LogP contribution < -0.4 is 0 Å². The Morgan fingerprint density at radius 3 is 2.75 bits per heavy atom. The number of carbonyl (C=O) groups is 1. The summed E-state index contributed by atoms with van der Waals surface area (Å²) in [6, 6.07) is 1.95. The van der Waals surface area contributed by atoms with E-state index in [9.17, 15) is 18.7 Å². The molecule has 0 saturated heterocycles. The number of esters is 1. The minimum absolute atomic E-state index is 0.0693. The highest BCUT2D eigenvalue weighted by atomic mass is 79.9. The lowest BCUT2D eigenvalue weighted by molar-refractivity contribution is -0.153. The normalized spacial score (nSPS) is 12.3. The number of halogens is 3. The molecule has 0 saturated carbocycles. The lowest BCUT2D eigenvalue weighted by Crippen LogP contribution is -2.17. The van der Waals surface area contributed by atoms with Crippen molar-refractivity contribution in [2.24, 2.45) is 0 Å². The van der Waals surface area contributed by atoms with E-state index >= 15 is 0 Å². The number of aliphatic hydroxyl groups excluding tert-OH is 1. The molecule has 0 aliphatic heterocycles. The predicted octanol–water partition coefficient (Wildman–Crippen LogP) is 2.32. The van der Waals surface area contributed by atoms with E-state index in [0.29, 0.717) is 0 Å². The zero-order valence-electron chi connectivity index (χ0n) is 8.34. The molecule has 1 rings (SSSR count). The van der Waals surface area contributed by atoms with Crippen LogP contribution in [0.25, 0.3) is 0 Å². The molecule has 1 aromatic carbocycles. The van der Waals surface area contributed by atoms with Crippen LogP contribution >= 0.6 is 15.9 Å². The van der Waals surface area contributed by atoms with Crippen molar-refractivity contribution >= 4 is 21.9 Å². The Hall–Kier alpha value is -1.01. The summed E-state index contributed by atoms with van der Waals surface area (Å²) in [5.74, 6) is -2.79. The van der Waals surface area contributed by atoms with Gasteiger partial charge in [0.15, 0.2) is 6.10 Å². The second-order valence-electron chi connectivity index (χ2n) is 2.92. The summed E-state index contributed by atoms with van der Waals surface area (Å²) in [6.07, 6.45) is -1.75. The van der Waals surface area contributed by atoms with Gasteiger partial charge in [-0.15, -0.1) is 0 Å². The van der Waals surface area contributed by atoms with Gasteiger partial charge in [0.05, 0.1) is 11.1 Å². The van der Waals surface area contributed by atoms with Crippen molar-refractivity contribution in [1.29, 1.82) is 0 Å². The average molecular weight is 295 g/mol. The molecule has 0 fully saturated rings. The molecule has 0 spiro atoms. The van der Waals surface area contributed by atoms with Crippen molar-refractivity contribution in [2.75, 3.05) is 6.61 Å². The first-order chi connectivity index (χ1) is 7.49. The Labute approximate surface area is 99.2 Å². The highest BCUT2D eigenvalue weighted by molar-refractivity contribution is 9.10. The van der Waals surface area contributed by atoms with Crippen LogP contribution in [-0.4, -0.2) is 17.7 Å². The number of carbonyl (C=O) groups excluding carboxylic acids is 1. The standard InChI is InChI=1S/C10H9BrF2O3/c1-2-16-10(15)9(14)5-3-4-6(12)7(11)8(5)13/h3-4,9,14H,2H2,1H3. The van der Waals surface area contributed by atoms with Crippen LogP contribution in [0.3, 0.4) is 0 Å².